The van der Waals surface area contributed by atoms with Crippen LogP contribution in [-0.4, -0.2) is 0 Å². The average Bonchev–Trinajstić information content (AvgIpc) is 2.03. The Hall–Kier alpha value is -0.820. The second kappa shape index (κ2) is 3.51. The van der Waals surface area contributed by atoms with E-state index >= 15 is 0 Å². The van der Waals surface area contributed by atoms with Crippen molar-refractivity contribution >= 4 is 0 Å². The van der Waals surface area contributed by atoms with E-state index in [1.807, 2.05) is 6.92 Å². The number of hydrogen-bond acceptors (Lipinski definition) is 1. The Balaban J connectivity index is 3.06. The molecule has 1 rings (SSSR count). The highest BCUT2D eigenvalue weighted by molar-refractivity contribution is 5.29. The van der Waals surface area contributed by atoms with E-state index < -0.39 is 0 Å². The molecular formula is C12H19N. The maximum Gasteiger partial charge on any atom is 0.0266 e. The molecule has 0 radical (unpaired) electrons. The van der Waals surface area contributed by atoms with Crippen LogP contribution in [0.4, 0.5) is 0 Å². The van der Waals surface area contributed by atoms with Gasteiger partial charge in [0.05, 0.1) is 0 Å². The molecule has 0 spiro atoms. The summed E-state index contributed by atoms with van der Waals surface area (Å²) in [5.41, 5.74) is 8.60. The van der Waals surface area contributed by atoms with Crippen LogP contribution in [0.15, 0.2) is 24.3 Å². The van der Waals surface area contributed by atoms with Gasteiger partial charge in [-0.3, -0.25) is 0 Å². The van der Waals surface area contributed by atoms with Crippen molar-refractivity contribution in [1.29, 1.82) is 0 Å². The van der Waals surface area contributed by atoms with Crippen molar-refractivity contribution in [3.63, 3.8) is 0 Å². The first-order valence-electron chi connectivity index (χ1n) is 4.77. The van der Waals surface area contributed by atoms with Gasteiger partial charge in [0, 0.05) is 6.04 Å². The lowest BCUT2D eigenvalue weighted by Crippen LogP contribution is -2.13. The third kappa shape index (κ3) is 2.56. The molecular weight excluding hydrogens is 158 g/mol. The van der Waals surface area contributed by atoms with Gasteiger partial charge in [-0.15, -0.1) is 0 Å². The Kier molecular flexibility index (Phi) is 2.77. The molecule has 1 atom stereocenters. The zero-order valence-corrected chi connectivity index (χ0v) is 8.96. The fourth-order valence-corrected chi connectivity index (χ4v) is 1.29. The minimum absolute atomic E-state index is 0.127. The van der Waals surface area contributed by atoms with E-state index in [0.29, 0.717) is 0 Å². The van der Waals surface area contributed by atoms with Gasteiger partial charge in [-0.05, 0) is 23.5 Å². The van der Waals surface area contributed by atoms with Gasteiger partial charge in [0.15, 0.2) is 0 Å². The first-order valence-corrected chi connectivity index (χ1v) is 4.77. The quantitative estimate of drug-likeness (QED) is 0.701. The van der Waals surface area contributed by atoms with Crippen LogP contribution in [0, 0.1) is 0 Å². The highest BCUT2D eigenvalue weighted by Gasteiger charge is 2.13. The Morgan fingerprint density at radius 1 is 1.23 bits per heavy atom. The SMILES string of the molecule is C[C@H](N)c1cccc(C(C)(C)C)c1. The summed E-state index contributed by atoms with van der Waals surface area (Å²) in [5.74, 6) is 0. The summed E-state index contributed by atoms with van der Waals surface area (Å²) < 4.78 is 0. The van der Waals surface area contributed by atoms with E-state index in [2.05, 4.69) is 45.0 Å². The molecule has 0 aliphatic carbocycles. The summed E-state index contributed by atoms with van der Waals surface area (Å²) in [5, 5.41) is 0. The van der Waals surface area contributed by atoms with Gasteiger partial charge in [-0.25, -0.2) is 0 Å². The molecule has 0 saturated heterocycles. The van der Waals surface area contributed by atoms with Gasteiger partial charge in [0.2, 0.25) is 0 Å². The lowest BCUT2D eigenvalue weighted by molar-refractivity contribution is 0.588. The molecule has 0 bridgehead atoms. The standard InChI is InChI=1S/C12H19N/c1-9(13)10-6-5-7-11(8-10)12(2,3)4/h5-9H,13H2,1-4H3/t9-/m0/s1. The summed E-state index contributed by atoms with van der Waals surface area (Å²) in [6.45, 7) is 8.66. The molecule has 0 aliphatic heterocycles. The Labute approximate surface area is 81.0 Å². The van der Waals surface area contributed by atoms with E-state index in [-0.39, 0.29) is 11.5 Å². The monoisotopic (exact) mass is 177 g/mol. The van der Waals surface area contributed by atoms with E-state index in [9.17, 15) is 0 Å². The van der Waals surface area contributed by atoms with E-state index in [4.69, 9.17) is 5.73 Å². The third-order valence-electron chi connectivity index (χ3n) is 2.28. The van der Waals surface area contributed by atoms with E-state index in [0.717, 1.165) is 0 Å². The van der Waals surface area contributed by atoms with Crippen LogP contribution in [0.25, 0.3) is 0 Å². The third-order valence-corrected chi connectivity index (χ3v) is 2.28. The maximum absolute atomic E-state index is 5.83. The van der Waals surface area contributed by atoms with E-state index in [1.165, 1.54) is 11.1 Å². The molecule has 0 saturated carbocycles. The van der Waals surface area contributed by atoms with Crippen molar-refractivity contribution in [1.82, 2.24) is 0 Å². The van der Waals surface area contributed by atoms with Crippen molar-refractivity contribution in [3.8, 4) is 0 Å². The molecule has 1 aromatic carbocycles. The molecule has 0 aliphatic rings. The van der Waals surface area contributed by atoms with Crippen LogP contribution < -0.4 is 5.73 Å². The normalized spacial score (nSPS) is 14.2. The van der Waals surface area contributed by atoms with Crippen LogP contribution >= 0.6 is 0 Å². The molecule has 1 aromatic rings. The fraction of sp³-hybridized carbons (Fsp3) is 0.500. The Morgan fingerprint density at radius 2 is 1.85 bits per heavy atom. The molecule has 0 amide bonds. The predicted octanol–water partition coefficient (Wildman–Crippen LogP) is 3.00. The van der Waals surface area contributed by atoms with Crippen molar-refractivity contribution in [2.75, 3.05) is 0 Å². The van der Waals surface area contributed by atoms with Crippen molar-refractivity contribution < 1.29 is 0 Å². The molecule has 1 heteroatoms. The second-order valence-corrected chi connectivity index (χ2v) is 4.66. The number of benzene rings is 1. The summed E-state index contributed by atoms with van der Waals surface area (Å²) in [4.78, 5) is 0. The average molecular weight is 177 g/mol. The van der Waals surface area contributed by atoms with E-state index in [1.54, 1.807) is 0 Å². The zero-order valence-electron chi connectivity index (χ0n) is 8.96. The van der Waals surface area contributed by atoms with Crippen molar-refractivity contribution in [2.45, 2.75) is 39.2 Å². The minimum Gasteiger partial charge on any atom is -0.324 e. The fourth-order valence-electron chi connectivity index (χ4n) is 1.29. The molecule has 0 unspecified atom stereocenters. The predicted molar refractivity (Wildman–Crippen MR) is 57.7 cm³/mol. The highest BCUT2D eigenvalue weighted by Crippen LogP contribution is 2.24. The van der Waals surface area contributed by atoms with Crippen LogP contribution in [0.2, 0.25) is 0 Å². The maximum atomic E-state index is 5.83. The van der Waals surface area contributed by atoms with Gasteiger partial charge in [-0.1, -0.05) is 45.0 Å². The highest BCUT2D eigenvalue weighted by atomic mass is 14.6. The molecule has 72 valence electrons. The molecule has 0 aromatic heterocycles. The lowest BCUT2D eigenvalue weighted by Gasteiger charge is -2.20. The van der Waals surface area contributed by atoms with Gasteiger partial charge in [0.1, 0.15) is 0 Å². The summed E-state index contributed by atoms with van der Waals surface area (Å²) in [6.07, 6.45) is 0. The summed E-state index contributed by atoms with van der Waals surface area (Å²) in [7, 11) is 0. The van der Waals surface area contributed by atoms with Crippen LogP contribution in [0.1, 0.15) is 44.9 Å². The number of nitrogens with two attached hydrogens (primary N) is 1. The van der Waals surface area contributed by atoms with Gasteiger partial charge in [0.25, 0.3) is 0 Å². The van der Waals surface area contributed by atoms with Crippen LogP contribution in [0.3, 0.4) is 0 Å². The summed E-state index contributed by atoms with van der Waals surface area (Å²) in [6, 6.07) is 8.65. The zero-order chi connectivity index (χ0) is 10.1. The first kappa shape index (κ1) is 10.3. The van der Waals surface area contributed by atoms with Crippen LogP contribution in [-0.2, 0) is 5.41 Å². The topological polar surface area (TPSA) is 26.0 Å². The number of hydrogen-bond donors (Lipinski definition) is 1. The lowest BCUT2D eigenvalue weighted by atomic mass is 9.85. The van der Waals surface area contributed by atoms with Crippen LogP contribution in [0.5, 0.6) is 0 Å². The number of rotatable bonds is 1. The smallest absolute Gasteiger partial charge is 0.0266 e. The van der Waals surface area contributed by atoms with Gasteiger partial charge >= 0.3 is 0 Å². The Morgan fingerprint density at radius 3 is 2.31 bits per heavy atom. The summed E-state index contributed by atoms with van der Waals surface area (Å²) >= 11 is 0. The molecule has 0 fully saturated rings. The molecule has 1 nitrogen and oxygen atoms in total. The largest absolute Gasteiger partial charge is 0.324 e. The van der Waals surface area contributed by atoms with Crippen molar-refractivity contribution in [3.05, 3.63) is 35.4 Å². The molecule has 0 heterocycles. The molecule has 2 N–H and O–H groups in total. The minimum atomic E-state index is 0.127. The van der Waals surface area contributed by atoms with Gasteiger partial charge in [-0.2, -0.15) is 0 Å². The second-order valence-electron chi connectivity index (χ2n) is 4.66. The van der Waals surface area contributed by atoms with Crippen molar-refractivity contribution in [2.24, 2.45) is 5.73 Å². The Bertz CT molecular complexity index is 281. The first-order chi connectivity index (χ1) is 5.91. The molecule has 13 heavy (non-hydrogen) atoms. The van der Waals surface area contributed by atoms with Gasteiger partial charge < -0.3 is 5.73 Å².